The van der Waals surface area contributed by atoms with Crippen LogP contribution in [-0.2, 0) is 9.09 Å². The summed E-state index contributed by atoms with van der Waals surface area (Å²) in [4.78, 5) is 18.8. The largest absolute Gasteiger partial charge is 0.469 e. The molecule has 0 saturated carbocycles. The first-order valence-corrected chi connectivity index (χ1v) is 11.0. The molecule has 0 aliphatic carbocycles. The molecule has 0 radical (unpaired) electrons. The summed E-state index contributed by atoms with van der Waals surface area (Å²) < 4.78 is 16.8. The average molecular weight is 379 g/mol. The van der Waals surface area contributed by atoms with Crippen LogP contribution in [0, 0.1) is 21.7 Å². The van der Waals surface area contributed by atoms with E-state index in [9.17, 15) is 14.4 Å². The van der Waals surface area contributed by atoms with Gasteiger partial charge in [0.1, 0.15) is 0 Å². The third-order valence-electron chi connectivity index (χ3n) is 4.61. The molecule has 2 N–H and O–H groups in total. The van der Waals surface area contributed by atoms with Gasteiger partial charge in [-0.15, -0.1) is 0 Å². The summed E-state index contributed by atoms with van der Waals surface area (Å²) in [5.74, 6) is 0. The van der Waals surface area contributed by atoms with Gasteiger partial charge in [0.05, 0.1) is 6.10 Å². The Balaban J connectivity index is 5.39. The fraction of sp³-hybridized carbons (Fsp3) is 1.00. The first kappa shape index (κ1) is 25.1. The fourth-order valence-electron chi connectivity index (χ4n) is 4.64. The van der Waals surface area contributed by atoms with E-state index in [1.54, 1.807) is 0 Å². The Kier molecular flexibility index (Phi) is 8.46. The van der Waals surface area contributed by atoms with Crippen molar-refractivity contribution in [1.29, 1.82) is 0 Å². The molecule has 0 bridgehead atoms. The maximum atomic E-state index is 11.5. The summed E-state index contributed by atoms with van der Waals surface area (Å²) in [6.07, 6.45) is 3.81. The van der Waals surface area contributed by atoms with E-state index in [1.165, 1.54) is 0 Å². The van der Waals surface area contributed by atoms with Crippen molar-refractivity contribution in [2.24, 2.45) is 21.7 Å². The molecule has 5 heteroatoms. The zero-order valence-corrected chi connectivity index (χ0v) is 19.2. The molecule has 4 nitrogen and oxygen atoms in total. The van der Waals surface area contributed by atoms with Gasteiger partial charge >= 0.3 is 7.82 Å². The first-order chi connectivity index (χ1) is 10.8. The van der Waals surface area contributed by atoms with E-state index >= 15 is 0 Å². The fourth-order valence-corrected chi connectivity index (χ4v) is 5.17. The molecule has 0 amide bonds. The maximum absolute atomic E-state index is 11.5. The number of phosphoric acid groups is 1. The lowest BCUT2D eigenvalue weighted by Gasteiger charge is -2.40. The first-order valence-electron chi connectivity index (χ1n) is 9.50. The average Bonchev–Trinajstić information content (AvgIpc) is 2.18. The smallest absolute Gasteiger partial charge is 0.303 e. The van der Waals surface area contributed by atoms with Crippen molar-refractivity contribution in [3.05, 3.63) is 0 Å². The molecule has 0 spiro atoms. The number of hydrogen-bond donors (Lipinski definition) is 2. The molecular weight excluding hydrogens is 335 g/mol. The van der Waals surface area contributed by atoms with Crippen molar-refractivity contribution in [3.63, 3.8) is 0 Å². The molecule has 2 unspecified atom stereocenters. The quantitative estimate of drug-likeness (QED) is 0.446. The van der Waals surface area contributed by atoms with Crippen LogP contribution in [-0.4, -0.2) is 15.9 Å². The van der Waals surface area contributed by atoms with E-state index in [0.29, 0.717) is 12.8 Å². The van der Waals surface area contributed by atoms with Crippen LogP contribution in [0.3, 0.4) is 0 Å². The number of phosphoric ester groups is 1. The molecule has 25 heavy (non-hydrogen) atoms. The predicted molar refractivity (Wildman–Crippen MR) is 106 cm³/mol. The van der Waals surface area contributed by atoms with Gasteiger partial charge in [-0.1, -0.05) is 75.7 Å². The maximum Gasteiger partial charge on any atom is 0.469 e. The summed E-state index contributed by atoms with van der Waals surface area (Å²) in [5, 5.41) is 0. The Morgan fingerprint density at radius 3 is 1.60 bits per heavy atom. The minimum atomic E-state index is -4.51. The van der Waals surface area contributed by atoms with Crippen molar-refractivity contribution >= 4 is 7.82 Å². The molecular formula is C20H43O4P. The lowest BCUT2D eigenvalue weighted by Crippen LogP contribution is -2.33. The van der Waals surface area contributed by atoms with Gasteiger partial charge in [-0.3, -0.25) is 4.52 Å². The van der Waals surface area contributed by atoms with Gasteiger partial charge in [0, 0.05) is 0 Å². The number of hydrogen-bond acceptors (Lipinski definition) is 2. The van der Waals surface area contributed by atoms with Gasteiger partial charge in [0.2, 0.25) is 0 Å². The Hall–Kier alpha value is 0.110. The Labute approximate surface area is 156 Å². The monoisotopic (exact) mass is 378 g/mol. The van der Waals surface area contributed by atoms with Crippen molar-refractivity contribution < 1.29 is 18.9 Å². The molecule has 0 heterocycles. The lowest BCUT2D eigenvalue weighted by atomic mass is 9.68. The molecule has 0 aliphatic rings. The van der Waals surface area contributed by atoms with Crippen molar-refractivity contribution in [2.75, 3.05) is 0 Å². The van der Waals surface area contributed by atoms with E-state index in [2.05, 4.69) is 69.2 Å². The van der Waals surface area contributed by atoms with Crippen LogP contribution in [0.1, 0.15) is 101 Å². The molecule has 0 saturated heterocycles. The zero-order chi connectivity index (χ0) is 20.3. The molecule has 0 aliphatic heterocycles. The minimum Gasteiger partial charge on any atom is -0.303 e. The highest BCUT2D eigenvalue weighted by Crippen LogP contribution is 2.48. The Morgan fingerprint density at radius 1 is 0.840 bits per heavy atom. The van der Waals surface area contributed by atoms with Crippen LogP contribution in [0.25, 0.3) is 0 Å². The van der Waals surface area contributed by atoms with Crippen LogP contribution in [0.15, 0.2) is 0 Å². The van der Waals surface area contributed by atoms with Crippen LogP contribution in [0.2, 0.25) is 0 Å². The standard InChI is InChI=1S/C20H43O4P/c1-11-20(10,15-18(5,6)7)13-16(24-25(21,22)23)12-19(8,9)14-17(2,3)4/h16H,11-15H2,1-10H3,(H2,21,22,23). The molecule has 0 aromatic rings. The Bertz CT molecular complexity index is 453. The van der Waals surface area contributed by atoms with Crippen LogP contribution < -0.4 is 0 Å². The second kappa shape index (κ2) is 8.42. The van der Waals surface area contributed by atoms with Crippen molar-refractivity contribution in [2.45, 2.75) is 107 Å². The summed E-state index contributed by atoms with van der Waals surface area (Å²) in [6, 6.07) is 0. The topological polar surface area (TPSA) is 66.8 Å². The molecule has 0 aromatic carbocycles. The highest BCUT2D eigenvalue weighted by Gasteiger charge is 2.37. The summed E-state index contributed by atoms with van der Waals surface area (Å²) in [7, 11) is -4.51. The molecule has 0 aromatic heterocycles. The highest BCUT2D eigenvalue weighted by atomic mass is 31.2. The SMILES string of the molecule is CCC(C)(CC(CC(C)(C)CC(C)(C)C)OP(=O)(O)O)CC(C)(C)C. The highest BCUT2D eigenvalue weighted by molar-refractivity contribution is 7.46. The van der Waals surface area contributed by atoms with Crippen molar-refractivity contribution in [3.8, 4) is 0 Å². The van der Waals surface area contributed by atoms with Gasteiger partial charge in [0.25, 0.3) is 0 Å². The van der Waals surface area contributed by atoms with Crippen molar-refractivity contribution in [1.82, 2.24) is 0 Å². The van der Waals surface area contributed by atoms with Gasteiger partial charge in [0.15, 0.2) is 0 Å². The molecule has 0 fully saturated rings. The second-order valence-corrected chi connectivity index (χ2v) is 12.6. The second-order valence-electron chi connectivity index (χ2n) is 11.4. The van der Waals surface area contributed by atoms with E-state index in [4.69, 9.17) is 4.52 Å². The summed E-state index contributed by atoms with van der Waals surface area (Å²) in [6.45, 7) is 21.9. The molecule has 2 atom stereocenters. The van der Waals surface area contributed by atoms with Gasteiger partial charge in [-0.25, -0.2) is 4.57 Å². The van der Waals surface area contributed by atoms with Crippen LogP contribution in [0.4, 0.5) is 0 Å². The Morgan fingerprint density at radius 2 is 1.28 bits per heavy atom. The molecule has 152 valence electrons. The third kappa shape index (κ3) is 13.0. The predicted octanol–water partition coefficient (Wildman–Crippen LogP) is 6.56. The van der Waals surface area contributed by atoms with Gasteiger partial charge < -0.3 is 9.79 Å². The van der Waals surface area contributed by atoms with Crippen LogP contribution in [0.5, 0.6) is 0 Å². The minimum absolute atomic E-state index is 0.00407. The van der Waals surface area contributed by atoms with Gasteiger partial charge in [-0.2, -0.15) is 0 Å². The number of rotatable bonds is 9. The lowest BCUT2D eigenvalue weighted by molar-refractivity contribution is 0.0321. The van der Waals surface area contributed by atoms with Crippen LogP contribution >= 0.6 is 7.82 Å². The zero-order valence-electron chi connectivity index (χ0n) is 18.3. The van der Waals surface area contributed by atoms with E-state index in [0.717, 1.165) is 19.3 Å². The third-order valence-corrected chi connectivity index (χ3v) is 5.18. The van der Waals surface area contributed by atoms with E-state index < -0.39 is 13.9 Å². The van der Waals surface area contributed by atoms with Gasteiger partial charge in [-0.05, 0) is 47.3 Å². The summed E-state index contributed by atoms with van der Waals surface area (Å²) >= 11 is 0. The van der Waals surface area contributed by atoms with E-state index in [1.807, 2.05) is 0 Å². The summed E-state index contributed by atoms with van der Waals surface area (Å²) in [5.41, 5.74) is 0.276. The normalized spacial score (nSPS) is 18.1. The van der Waals surface area contributed by atoms with E-state index in [-0.39, 0.29) is 21.7 Å². The molecule has 0 rings (SSSR count).